The molecule has 1 aliphatic heterocycles. The summed E-state index contributed by atoms with van der Waals surface area (Å²) in [7, 11) is 3.42. The van der Waals surface area contributed by atoms with Crippen LogP contribution in [0.4, 0.5) is 17.2 Å². The number of nitrogens with one attached hydrogen (secondary N) is 1. The Morgan fingerprint density at radius 3 is 2.62 bits per heavy atom. The van der Waals surface area contributed by atoms with Gasteiger partial charge in [0.05, 0.1) is 23.9 Å². The van der Waals surface area contributed by atoms with E-state index in [4.69, 9.17) is 4.74 Å². The number of nitrogens with zero attached hydrogens (tertiary/aromatic N) is 3. The smallest absolute Gasteiger partial charge is 0.258 e. The molecule has 0 spiro atoms. The number of hydrogen-bond donors (Lipinski definition) is 1. The molecular weight excluding hydrogens is 400 g/mol. The van der Waals surface area contributed by atoms with Crippen molar-refractivity contribution < 1.29 is 9.53 Å². The molecule has 0 atom stereocenters. The fourth-order valence-corrected chi connectivity index (χ4v) is 4.03. The van der Waals surface area contributed by atoms with Gasteiger partial charge in [0, 0.05) is 29.2 Å². The highest BCUT2D eigenvalue weighted by atomic mass is 16.5. The molecule has 32 heavy (non-hydrogen) atoms. The number of benzene rings is 3. The van der Waals surface area contributed by atoms with Crippen molar-refractivity contribution >= 4 is 45.7 Å². The summed E-state index contributed by atoms with van der Waals surface area (Å²) in [5.74, 6) is 2.10. The van der Waals surface area contributed by atoms with E-state index < -0.39 is 0 Å². The number of methoxy groups -OCH3 is 1. The molecule has 5 rings (SSSR count). The molecule has 0 saturated carbocycles. The molecule has 1 amide bonds. The summed E-state index contributed by atoms with van der Waals surface area (Å²) in [5.41, 5.74) is 4.94. The zero-order valence-corrected chi connectivity index (χ0v) is 18.1. The fourth-order valence-electron chi connectivity index (χ4n) is 4.03. The number of rotatable bonds is 4. The molecule has 0 bridgehead atoms. The molecule has 6 nitrogen and oxygen atoms in total. The van der Waals surface area contributed by atoms with E-state index in [1.165, 1.54) is 0 Å². The van der Waals surface area contributed by atoms with E-state index in [9.17, 15) is 4.79 Å². The number of hydrogen-bond acceptors (Lipinski definition) is 5. The monoisotopic (exact) mass is 422 g/mol. The van der Waals surface area contributed by atoms with Crippen molar-refractivity contribution in [3.63, 3.8) is 0 Å². The topological polar surface area (TPSA) is 67.3 Å². The minimum absolute atomic E-state index is 0.0496. The molecule has 0 fully saturated rings. The van der Waals surface area contributed by atoms with Gasteiger partial charge in [-0.3, -0.25) is 4.79 Å². The third-order valence-electron chi connectivity index (χ3n) is 5.60. The second-order valence-electron chi connectivity index (χ2n) is 7.66. The van der Waals surface area contributed by atoms with Gasteiger partial charge in [-0.15, -0.1) is 0 Å². The van der Waals surface area contributed by atoms with Crippen molar-refractivity contribution in [2.75, 3.05) is 24.4 Å². The van der Waals surface area contributed by atoms with Gasteiger partial charge < -0.3 is 15.0 Å². The zero-order chi connectivity index (χ0) is 22.2. The van der Waals surface area contributed by atoms with Gasteiger partial charge in [0.25, 0.3) is 5.91 Å². The van der Waals surface area contributed by atoms with Crippen LogP contribution in [0.15, 0.2) is 66.7 Å². The number of fused-ring (bicyclic) bond motifs is 2. The maximum absolute atomic E-state index is 13.0. The highest BCUT2D eigenvalue weighted by molar-refractivity contribution is 6.35. The SMILES string of the molecule is COc1ccccc1/C=C1\C(=O)N(C)c2ccc(Nc3nc(C)nc4ccccc34)cc21. The maximum atomic E-state index is 13.0. The predicted octanol–water partition coefficient (Wildman–Crippen LogP) is 5.21. The van der Waals surface area contributed by atoms with Crippen molar-refractivity contribution in [2.45, 2.75) is 6.92 Å². The van der Waals surface area contributed by atoms with Gasteiger partial charge in [-0.25, -0.2) is 9.97 Å². The van der Waals surface area contributed by atoms with E-state index in [0.29, 0.717) is 11.4 Å². The van der Waals surface area contributed by atoms with Crippen LogP contribution in [-0.2, 0) is 4.79 Å². The van der Waals surface area contributed by atoms with Gasteiger partial charge in [0.2, 0.25) is 0 Å². The second kappa shape index (κ2) is 7.81. The Balaban J connectivity index is 1.59. The molecule has 0 aliphatic carbocycles. The molecular formula is C26H22N4O2. The van der Waals surface area contributed by atoms with Crippen LogP contribution in [-0.4, -0.2) is 30.0 Å². The van der Waals surface area contributed by atoms with E-state index in [2.05, 4.69) is 15.3 Å². The van der Waals surface area contributed by atoms with Crippen molar-refractivity contribution in [2.24, 2.45) is 0 Å². The number of para-hydroxylation sites is 2. The molecule has 1 aromatic heterocycles. The Bertz CT molecular complexity index is 1390. The molecule has 4 aromatic rings. The lowest BCUT2D eigenvalue weighted by molar-refractivity contribution is -0.112. The Hall–Kier alpha value is -4.19. The molecule has 0 unspecified atom stereocenters. The van der Waals surface area contributed by atoms with E-state index >= 15 is 0 Å². The number of aryl methyl sites for hydroxylation is 1. The van der Waals surface area contributed by atoms with Crippen LogP contribution in [0, 0.1) is 6.92 Å². The van der Waals surface area contributed by atoms with Crippen LogP contribution >= 0.6 is 0 Å². The lowest BCUT2D eigenvalue weighted by Gasteiger charge is -2.12. The fraction of sp³-hybridized carbons (Fsp3) is 0.115. The molecule has 158 valence electrons. The quantitative estimate of drug-likeness (QED) is 0.458. The first-order valence-electron chi connectivity index (χ1n) is 10.3. The van der Waals surface area contributed by atoms with Gasteiger partial charge in [-0.1, -0.05) is 30.3 Å². The second-order valence-corrected chi connectivity index (χ2v) is 7.66. The van der Waals surface area contributed by atoms with Crippen LogP contribution < -0.4 is 15.0 Å². The first-order valence-corrected chi connectivity index (χ1v) is 10.3. The standard InChI is InChI=1S/C26H22N4O2/c1-16-27-22-10-6-5-9-19(22)25(28-16)29-18-12-13-23-20(15-18)21(26(31)30(23)2)14-17-8-4-7-11-24(17)32-3/h4-15H,1-3H3,(H,27,28,29)/b21-14-. The number of aromatic nitrogens is 2. The van der Waals surface area contributed by atoms with E-state index in [0.717, 1.165) is 45.0 Å². The molecule has 2 heterocycles. The van der Waals surface area contributed by atoms with Gasteiger partial charge in [0.1, 0.15) is 17.4 Å². The van der Waals surface area contributed by atoms with Crippen molar-refractivity contribution in [1.82, 2.24) is 9.97 Å². The van der Waals surface area contributed by atoms with Crippen LogP contribution in [0.5, 0.6) is 5.75 Å². The Morgan fingerprint density at radius 1 is 1.00 bits per heavy atom. The van der Waals surface area contributed by atoms with Crippen LogP contribution in [0.25, 0.3) is 22.6 Å². The Kier molecular flexibility index (Phi) is 4.82. The van der Waals surface area contributed by atoms with Crippen LogP contribution in [0.1, 0.15) is 17.0 Å². The summed E-state index contributed by atoms with van der Waals surface area (Å²) in [4.78, 5) is 23.8. The van der Waals surface area contributed by atoms with Gasteiger partial charge in [-0.05, 0) is 49.4 Å². The average molecular weight is 422 g/mol. The number of ether oxygens (including phenoxy) is 1. The summed E-state index contributed by atoms with van der Waals surface area (Å²) < 4.78 is 5.46. The molecule has 1 aliphatic rings. The molecule has 1 N–H and O–H groups in total. The maximum Gasteiger partial charge on any atom is 0.258 e. The predicted molar refractivity (Wildman–Crippen MR) is 128 cm³/mol. The summed E-state index contributed by atoms with van der Waals surface area (Å²) >= 11 is 0. The number of likely N-dealkylation sites (N-methyl/N-ethyl adjacent to an activating group) is 1. The minimum atomic E-state index is -0.0496. The molecule has 0 radical (unpaired) electrons. The van der Waals surface area contributed by atoms with E-state index in [1.807, 2.05) is 79.7 Å². The number of carbonyl (C=O) groups excluding carboxylic acids is 1. The highest BCUT2D eigenvalue weighted by Gasteiger charge is 2.30. The third-order valence-corrected chi connectivity index (χ3v) is 5.60. The van der Waals surface area contributed by atoms with Gasteiger partial charge in [-0.2, -0.15) is 0 Å². The number of carbonyl (C=O) groups is 1. The lowest BCUT2D eigenvalue weighted by atomic mass is 10.0. The highest BCUT2D eigenvalue weighted by Crippen LogP contribution is 2.40. The molecule has 6 heteroatoms. The Morgan fingerprint density at radius 2 is 1.78 bits per heavy atom. The first kappa shape index (κ1) is 19.8. The number of anilines is 3. The van der Waals surface area contributed by atoms with Crippen molar-refractivity contribution in [3.8, 4) is 5.75 Å². The summed E-state index contributed by atoms with van der Waals surface area (Å²) in [6, 6.07) is 21.5. The Labute approximate surface area is 186 Å². The zero-order valence-electron chi connectivity index (χ0n) is 18.1. The number of amides is 1. The molecule has 3 aromatic carbocycles. The third kappa shape index (κ3) is 3.36. The largest absolute Gasteiger partial charge is 0.496 e. The normalized spacial score (nSPS) is 14.2. The summed E-state index contributed by atoms with van der Waals surface area (Å²) in [5, 5.41) is 4.36. The van der Waals surface area contributed by atoms with Gasteiger partial charge in [0.15, 0.2) is 0 Å². The van der Waals surface area contributed by atoms with Crippen LogP contribution in [0.3, 0.4) is 0 Å². The lowest BCUT2D eigenvalue weighted by Crippen LogP contribution is -2.20. The van der Waals surface area contributed by atoms with Crippen LogP contribution in [0.2, 0.25) is 0 Å². The van der Waals surface area contributed by atoms with E-state index in [1.54, 1.807) is 19.1 Å². The van der Waals surface area contributed by atoms with Crippen molar-refractivity contribution in [1.29, 1.82) is 0 Å². The summed E-state index contributed by atoms with van der Waals surface area (Å²) in [6.45, 7) is 1.88. The van der Waals surface area contributed by atoms with Crippen molar-refractivity contribution in [3.05, 3.63) is 83.7 Å². The minimum Gasteiger partial charge on any atom is -0.496 e. The van der Waals surface area contributed by atoms with Gasteiger partial charge >= 0.3 is 0 Å². The first-order chi connectivity index (χ1) is 15.5. The summed E-state index contributed by atoms with van der Waals surface area (Å²) in [6.07, 6.45) is 1.89. The van der Waals surface area contributed by atoms with E-state index in [-0.39, 0.29) is 5.91 Å². The average Bonchev–Trinajstić information content (AvgIpc) is 3.03. The molecule has 0 saturated heterocycles.